The van der Waals surface area contributed by atoms with E-state index < -0.39 is 15.0 Å². The lowest BCUT2D eigenvalue weighted by Gasteiger charge is -2.10. The maximum Gasteiger partial charge on any atom is 0.339 e. The van der Waals surface area contributed by atoms with Gasteiger partial charge in [0.2, 0.25) is 0 Å². The maximum absolute atomic E-state index is 12.3. The molecule has 6 nitrogen and oxygen atoms in total. The van der Waals surface area contributed by atoms with Gasteiger partial charge in [-0.15, -0.1) is 0 Å². The number of nitro benzene ring substituents is 1. The summed E-state index contributed by atoms with van der Waals surface area (Å²) in [7, 11) is -4.04. The van der Waals surface area contributed by atoms with Gasteiger partial charge in [0.15, 0.2) is 0 Å². The third-order valence-corrected chi connectivity index (χ3v) is 4.45. The predicted octanol–water partition coefficient (Wildman–Crippen LogP) is 3.29. The Kier molecular flexibility index (Phi) is 4.18. The molecule has 2 rings (SSSR count). The maximum atomic E-state index is 12.3. The lowest BCUT2D eigenvalue weighted by molar-refractivity contribution is -0.385. The molecule has 0 unspecified atom stereocenters. The van der Waals surface area contributed by atoms with Crippen molar-refractivity contribution in [3.8, 4) is 5.75 Å². The molecule has 22 heavy (non-hydrogen) atoms. The number of nitro groups is 1. The molecule has 2 aromatic carbocycles. The van der Waals surface area contributed by atoms with Gasteiger partial charge in [-0.2, -0.15) is 8.42 Å². The number of hydrogen-bond donors (Lipinski definition) is 0. The normalized spacial score (nSPS) is 11.2. The topological polar surface area (TPSA) is 86.5 Å². The zero-order valence-electron chi connectivity index (χ0n) is 12.4. The first-order valence-corrected chi connectivity index (χ1v) is 7.88. The van der Waals surface area contributed by atoms with E-state index in [1.807, 2.05) is 19.9 Å². The summed E-state index contributed by atoms with van der Waals surface area (Å²) in [5.41, 5.74) is 1.86. The first kappa shape index (κ1) is 16.0. The summed E-state index contributed by atoms with van der Waals surface area (Å²) < 4.78 is 29.8. The summed E-state index contributed by atoms with van der Waals surface area (Å²) in [5.74, 6) is 0.218. The molecule has 0 aliphatic rings. The van der Waals surface area contributed by atoms with Crippen molar-refractivity contribution in [1.29, 1.82) is 0 Å². The van der Waals surface area contributed by atoms with Gasteiger partial charge in [-0.25, -0.2) is 0 Å². The molecule has 0 saturated heterocycles. The molecule has 0 aliphatic carbocycles. The highest BCUT2D eigenvalue weighted by molar-refractivity contribution is 7.87. The van der Waals surface area contributed by atoms with Crippen molar-refractivity contribution >= 4 is 15.8 Å². The Morgan fingerprint density at radius 2 is 1.59 bits per heavy atom. The Balaban J connectivity index is 2.40. The summed E-state index contributed by atoms with van der Waals surface area (Å²) >= 11 is 0. The summed E-state index contributed by atoms with van der Waals surface area (Å²) in [6.07, 6.45) is 0. The standard InChI is InChI=1S/C15H15NO5S/c1-10-6-11(2)8-14(7-10)21-22(19,20)15-5-4-13(16(17)18)9-12(15)3/h4-9H,1-3H3. The number of nitrogens with zero attached hydrogens (tertiary/aromatic N) is 1. The van der Waals surface area contributed by atoms with Crippen molar-refractivity contribution < 1.29 is 17.5 Å². The smallest absolute Gasteiger partial charge is 0.339 e. The minimum Gasteiger partial charge on any atom is -0.379 e. The molecular formula is C15H15NO5S. The molecule has 116 valence electrons. The van der Waals surface area contributed by atoms with Crippen molar-refractivity contribution in [2.24, 2.45) is 0 Å². The fraction of sp³-hybridized carbons (Fsp3) is 0.200. The first-order valence-electron chi connectivity index (χ1n) is 6.47. The van der Waals surface area contributed by atoms with Crippen LogP contribution in [0.4, 0.5) is 5.69 Å². The lowest BCUT2D eigenvalue weighted by Crippen LogP contribution is -2.11. The van der Waals surface area contributed by atoms with Gasteiger partial charge in [-0.3, -0.25) is 10.1 Å². The molecular weight excluding hydrogens is 306 g/mol. The summed E-state index contributed by atoms with van der Waals surface area (Å²) in [6, 6.07) is 8.67. The van der Waals surface area contributed by atoms with Crippen molar-refractivity contribution in [3.63, 3.8) is 0 Å². The van der Waals surface area contributed by atoms with Gasteiger partial charge in [-0.05, 0) is 55.7 Å². The van der Waals surface area contributed by atoms with E-state index in [1.165, 1.54) is 19.1 Å². The highest BCUT2D eigenvalue weighted by atomic mass is 32.2. The van der Waals surface area contributed by atoms with Gasteiger partial charge < -0.3 is 4.18 Å². The van der Waals surface area contributed by atoms with E-state index >= 15 is 0 Å². The molecule has 0 spiro atoms. The van der Waals surface area contributed by atoms with Gasteiger partial charge in [0, 0.05) is 12.1 Å². The average Bonchev–Trinajstić information content (AvgIpc) is 2.36. The second kappa shape index (κ2) is 5.76. The molecule has 0 heterocycles. The predicted molar refractivity (Wildman–Crippen MR) is 81.6 cm³/mol. The van der Waals surface area contributed by atoms with Crippen LogP contribution in [0, 0.1) is 30.9 Å². The highest BCUT2D eigenvalue weighted by Gasteiger charge is 2.21. The fourth-order valence-electron chi connectivity index (χ4n) is 2.18. The van der Waals surface area contributed by atoms with Crippen LogP contribution in [-0.4, -0.2) is 13.3 Å². The number of rotatable bonds is 4. The summed E-state index contributed by atoms with van der Waals surface area (Å²) in [4.78, 5) is 10.0. The Morgan fingerprint density at radius 1 is 1.00 bits per heavy atom. The molecule has 0 N–H and O–H groups in total. The van der Waals surface area contributed by atoms with Gasteiger partial charge in [0.25, 0.3) is 5.69 Å². The van der Waals surface area contributed by atoms with Crippen LogP contribution >= 0.6 is 0 Å². The van der Waals surface area contributed by atoms with Crippen LogP contribution in [0.25, 0.3) is 0 Å². The molecule has 0 bridgehead atoms. The van der Waals surface area contributed by atoms with E-state index in [-0.39, 0.29) is 21.9 Å². The summed E-state index contributed by atoms with van der Waals surface area (Å²) in [6.45, 7) is 5.16. The monoisotopic (exact) mass is 321 g/mol. The average molecular weight is 321 g/mol. The van der Waals surface area contributed by atoms with Crippen LogP contribution in [0.5, 0.6) is 5.75 Å². The Hall–Kier alpha value is -2.41. The van der Waals surface area contributed by atoms with Crippen molar-refractivity contribution in [2.75, 3.05) is 0 Å². The number of non-ortho nitro benzene ring substituents is 1. The second-order valence-electron chi connectivity index (χ2n) is 5.07. The first-order chi connectivity index (χ1) is 10.2. The largest absolute Gasteiger partial charge is 0.379 e. The second-order valence-corrected chi connectivity index (χ2v) is 6.58. The summed E-state index contributed by atoms with van der Waals surface area (Å²) in [5, 5.41) is 10.7. The van der Waals surface area contributed by atoms with E-state index in [0.717, 1.165) is 17.2 Å². The van der Waals surface area contributed by atoms with Crippen LogP contribution < -0.4 is 4.18 Å². The van der Waals surface area contributed by atoms with Gasteiger partial charge >= 0.3 is 10.1 Å². The van der Waals surface area contributed by atoms with Crippen molar-refractivity contribution in [3.05, 3.63) is 63.2 Å². The quantitative estimate of drug-likeness (QED) is 0.490. The fourth-order valence-corrected chi connectivity index (χ4v) is 3.31. The number of benzene rings is 2. The number of hydrogen-bond acceptors (Lipinski definition) is 5. The van der Waals surface area contributed by atoms with Crippen molar-refractivity contribution in [2.45, 2.75) is 25.7 Å². The van der Waals surface area contributed by atoms with Crippen LogP contribution in [0.2, 0.25) is 0 Å². The molecule has 0 saturated carbocycles. The molecule has 0 amide bonds. The van der Waals surface area contributed by atoms with Crippen LogP contribution in [0.15, 0.2) is 41.3 Å². The molecule has 0 fully saturated rings. The van der Waals surface area contributed by atoms with Gasteiger partial charge in [-0.1, -0.05) is 6.07 Å². The zero-order valence-corrected chi connectivity index (χ0v) is 13.2. The Bertz CT molecular complexity index is 823. The Labute approximate surface area is 128 Å². The zero-order chi connectivity index (χ0) is 16.5. The van der Waals surface area contributed by atoms with Crippen LogP contribution in [0.3, 0.4) is 0 Å². The van der Waals surface area contributed by atoms with E-state index in [1.54, 1.807) is 12.1 Å². The van der Waals surface area contributed by atoms with Crippen molar-refractivity contribution in [1.82, 2.24) is 0 Å². The Morgan fingerprint density at radius 3 is 2.09 bits per heavy atom. The molecule has 0 radical (unpaired) electrons. The van der Waals surface area contributed by atoms with E-state index in [0.29, 0.717) is 0 Å². The van der Waals surface area contributed by atoms with E-state index in [9.17, 15) is 18.5 Å². The molecule has 0 aliphatic heterocycles. The third kappa shape index (κ3) is 3.43. The van der Waals surface area contributed by atoms with E-state index in [2.05, 4.69) is 0 Å². The van der Waals surface area contributed by atoms with Crippen LogP contribution in [-0.2, 0) is 10.1 Å². The molecule has 7 heteroatoms. The van der Waals surface area contributed by atoms with Gasteiger partial charge in [0.1, 0.15) is 10.6 Å². The molecule has 0 atom stereocenters. The number of aryl methyl sites for hydroxylation is 3. The molecule has 2 aromatic rings. The SMILES string of the molecule is Cc1cc(C)cc(OS(=O)(=O)c2ccc([N+](=O)[O-])cc2C)c1. The minimum absolute atomic E-state index is 0.0859. The van der Waals surface area contributed by atoms with Gasteiger partial charge in [0.05, 0.1) is 4.92 Å². The third-order valence-electron chi connectivity index (χ3n) is 3.04. The highest BCUT2D eigenvalue weighted by Crippen LogP contribution is 2.25. The molecule has 0 aromatic heterocycles. The van der Waals surface area contributed by atoms with E-state index in [4.69, 9.17) is 4.18 Å². The lowest BCUT2D eigenvalue weighted by atomic mass is 10.1. The minimum atomic E-state index is -4.04. The van der Waals surface area contributed by atoms with Crippen LogP contribution in [0.1, 0.15) is 16.7 Å².